The minimum absolute atomic E-state index is 0. The van der Waals surface area contributed by atoms with Crippen molar-refractivity contribution in [3.8, 4) is 0 Å². The highest BCUT2D eigenvalue weighted by Gasteiger charge is 2.19. The lowest BCUT2D eigenvalue weighted by Gasteiger charge is -2.13. The van der Waals surface area contributed by atoms with E-state index in [0.29, 0.717) is 6.04 Å². The van der Waals surface area contributed by atoms with Crippen LogP contribution < -0.4 is 5.73 Å². The first-order valence-corrected chi connectivity index (χ1v) is 5.77. The van der Waals surface area contributed by atoms with Gasteiger partial charge in [0.2, 0.25) is 0 Å². The molecule has 0 unspecified atom stereocenters. The van der Waals surface area contributed by atoms with Crippen molar-refractivity contribution in [3.63, 3.8) is 0 Å². The van der Waals surface area contributed by atoms with Gasteiger partial charge in [0.25, 0.3) is 0 Å². The molecule has 0 spiro atoms. The monoisotopic (exact) mass is 244 g/mol. The van der Waals surface area contributed by atoms with Gasteiger partial charge in [0.15, 0.2) is 0 Å². The van der Waals surface area contributed by atoms with Crippen LogP contribution in [0, 0.1) is 0 Å². The molecule has 0 amide bonds. The third-order valence-corrected chi connectivity index (χ3v) is 2.85. The average Bonchev–Trinajstić information content (AvgIpc) is 2.78. The van der Waals surface area contributed by atoms with Crippen LogP contribution in [0.1, 0.15) is 25.3 Å². The lowest BCUT2D eigenvalue weighted by atomic mass is 10.3. The number of aromatic nitrogens is 2. The Labute approximate surface area is 103 Å². The molecule has 1 saturated heterocycles. The van der Waals surface area contributed by atoms with Crippen LogP contribution in [-0.2, 0) is 13.1 Å². The smallest absolute Gasteiger partial charge is 0.0534 e. The van der Waals surface area contributed by atoms with E-state index in [1.54, 1.807) is 0 Å². The minimum Gasteiger partial charge on any atom is -0.326 e. The summed E-state index contributed by atoms with van der Waals surface area (Å²) in [6, 6.07) is 0.371. The summed E-state index contributed by atoms with van der Waals surface area (Å²) in [4.78, 5) is 2.40. The molecule has 2 N–H and O–H groups in total. The van der Waals surface area contributed by atoms with E-state index in [4.69, 9.17) is 5.73 Å². The second-order valence-electron chi connectivity index (χ2n) is 4.40. The number of nitrogens with zero attached hydrogens (tertiary/aromatic N) is 3. The van der Waals surface area contributed by atoms with Crippen LogP contribution in [0.25, 0.3) is 0 Å². The van der Waals surface area contributed by atoms with E-state index in [0.717, 1.165) is 39.0 Å². The molecular weight excluding hydrogens is 224 g/mol. The molecule has 0 aromatic carbocycles. The van der Waals surface area contributed by atoms with Crippen molar-refractivity contribution >= 4 is 12.4 Å². The topological polar surface area (TPSA) is 47.1 Å². The van der Waals surface area contributed by atoms with Gasteiger partial charge in [-0.2, -0.15) is 5.10 Å². The van der Waals surface area contributed by atoms with Crippen LogP contribution in [0.5, 0.6) is 0 Å². The predicted octanol–water partition coefficient (Wildman–Crippen LogP) is 1.25. The van der Waals surface area contributed by atoms with E-state index in [9.17, 15) is 0 Å². The number of halogens is 1. The average molecular weight is 245 g/mol. The molecule has 2 heterocycles. The van der Waals surface area contributed by atoms with Gasteiger partial charge in [-0.1, -0.05) is 6.92 Å². The molecule has 1 atom stereocenters. The van der Waals surface area contributed by atoms with E-state index < -0.39 is 0 Å². The van der Waals surface area contributed by atoms with Crippen LogP contribution >= 0.6 is 12.4 Å². The second-order valence-corrected chi connectivity index (χ2v) is 4.40. The highest BCUT2D eigenvalue weighted by atomic mass is 35.5. The van der Waals surface area contributed by atoms with Crippen molar-refractivity contribution in [1.29, 1.82) is 0 Å². The molecule has 0 saturated carbocycles. The zero-order chi connectivity index (χ0) is 10.7. The third-order valence-electron chi connectivity index (χ3n) is 2.85. The summed E-state index contributed by atoms with van der Waals surface area (Å²) in [6.45, 7) is 6.33. The van der Waals surface area contributed by atoms with Gasteiger partial charge in [0.1, 0.15) is 0 Å². The van der Waals surface area contributed by atoms with Crippen LogP contribution in [0.4, 0.5) is 0 Å². The van der Waals surface area contributed by atoms with Gasteiger partial charge < -0.3 is 5.73 Å². The van der Waals surface area contributed by atoms with Gasteiger partial charge in [-0.05, 0) is 12.8 Å². The number of likely N-dealkylation sites (tertiary alicyclic amines) is 1. The largest absolute Gasteiger partial charge is 0.326 e. The Morgan fingerprint density at radius 3 is 3.00 bits per heavy atom. The summed E-state index contributed by atoms with van der Waals surface area (Å²) >= 11 is 0. The van der Waals surface area contributed by atoms with Gasteiger partial charge in [-0.25, -0.2) is 0 Å². The normalized spacial score (nSPS) is 21.0. The van der Waals surface area contributed by atoms with Crippen LogP contribution in [0.3, 0.4) is 0 Å². The molecule has 5 heteroatoms. The predicted molar refractivity (Wildman–Crippen MR) is 67.6 cm³/mol. The Hall–Kier alpha value is -0.580. The van der Waals surface area contributed by atoms with E-state index >= 15 is 0 Å². The molecule has 2 rings (SSSR count). The molecular formula is C11H21ClN4. The van der Waals surface area contributed by atoms with E-state index in [2.05, 4.69) is 23.1 Å². The fraction of sp³-hybridized carbons (Fsp3) is 0.727. The van der Waals surface area contributed by atoms with E-state index in [1.807, 2.05) is 10.9 Å². The summed E-state index contributed by atoms with van der Waals surface area (Å²) in [5.74, 6) is 0. The molecule has 0 radical (unpaired) electrons. The number of rotatable bonds is 4. The summed E-state index contributed by atoms with van der Waals surface area (Å²) in [6.07, 6.45) is 6.38. The fourth-order valence-electron chi connectivity index (χ4n) is 2.10. The molecule has 0 aliphatic carbocycles. The van der Waals surface area contributed by atoms with Gasteiger partial charge in [-0.3, -0.25) is 9.58 Å². The highest BCUT2D eigenvalue weighted by Crippen LogP contribution is 2.11. The molecule has 4 nitrogen and oxygen atoms in total. The summed E-state index contributed by atoms with van der Waals surface area (Å²) in [7, 11) is 0. The molecule has 1 aliphatic rings. The van der Waals surface area contributed by atoms with Gasteiger partial charge >= 0.3 is 0 Å². The molecule has 1 aromatic heterocycles. The van der Waals surface area contributed by atoms with Gasteiger partial charge in [-0.15, -0.1) is 12.4 Å². The number of hydrogen-bond donors (Lipinski definition) is 1. The van der Waals surface area contributed by atoms with Gasteiger partial charge in [0.05, 0.1) is 6.20 Å². The Morgan fingerprint density at radius 1 is 1.56 bits per heavy atom. The lowest BCUT2D eigenvalue weighted by molar-refractivity contribution is 0.327. The first kappa shape index (κ1) is 13.5. The zero-order valence-electron chi connectivity index (χ0n) is 9.80. The van der Waals surface area contributed by atoms with Crippen molar-refractivity contribution in [3.05, 3.63) is 18.0 Å². The highest BCUT2D eigenvalue weighted by molar-refractivity contribution is 5.85. The molecule has 1 fully saturated rings. The first-order valence-electron chi connectivity index (χ1n) is 5.77. The lowest BCUT2D eigenvalue weighted by Crippen LogP contribution is -2.26. The molecule has 1 aromatic rings. The summed E-state index contributed by atoms with van der Waals surface area (Å²) in [5.41, 5.74) is 7.17. The maximum Gasteiger partial charge on any atom is 0.0534 e. The van der Waals surface area contributed by atoms with Crippen molar-refractivity contribution in [1.82, 2.24) is 14.7 Å². The van der Waals surface area contributed by atoms with Crippen LogP contribution in [0.15, 0.2) is 12.4 Å². The van der Waals surface area contributed by atoms with Gasteiger partial charge in [0, 0.05) is 44.0 Å². The zero-order valence-corrected chi connectivity index (χ0v) is 10.6. The van der Waals surface area contributed by atoms with Crippen LogP contribution in [0.2, 0.25) is 0 Å². The fourth-order valence-corrected chi connectivity index (χ4v) is 2.10. The Bertz CT molecular complexity index is 313. The van der Waals surface area contributed by atoms with Crippen molar-refractivity contribution < 1.29 is 0 Å². The molecule has 16 heavy (non-hydrogen) atoms. The number of hydrogen-bond acceptors (Lipinski definition) is 3. The second kappa shape index (κ2) is 6.23. The molecule has 92 valence electrons. The first-order chi connectivity index (χ1) is 7.28. The Kier molecular flexibility index (Phi) is 5.25. The Balaban J connectivity index is 0.00000128. The Morgan fingerprint density at radius 2 is 2.38 bits per heavy atom. The third kappa shape index (κ3) is 3.47. The number of nitrogens with two attached hydrogens (primary N) is 1. The maximum absolute atomic E-state index is 5.87. The van der Waals surface area contributed by atoms with Crippen molar-refractivity contribution in [2.24, 2.45) is 5.73 Å². The SMILES string of the molecule is CCCn1cc(CN2CC[C@H](N)C2)cn1.Cl. The summed E-state index contributed by atoms with van der Waals surface area (Å²) < 4.78 is 2.02. The van der Waals surface area contributed by atoms with E-state index in [-0.39, 0.29) is 12.4 Å². The van der Waals surface area contributed by atoms with Crippen molar-refractivity contribution in [2.45, 2.75) is 38.9 Å². The summed E-state index contributed by atoms with van der Waals surface area (Å²) in [5, 5.41) is 4.33. The quantitative estimate of drug-likeness (QED) is 0.867. The molecule has 0 bridgehead atoms. The van der Waals surface area contributed by atoms with Crippen molar-refractivity contribution in [2.75, 3.05) is 13.1 Å². The standard InChI is InChI=1S/C11H20N4.ClH/c1-2-4-15-8-10(6-13-15)7-14-5-3-11(12)9-14;/h6,8,11H,2-5,7,9,12H2,1H3;1H/t11-;/m0./s1. The maximum atomic E-state index is 5.87. The molecule has 1 aliphatic heterocycles. The van der Waals surface area contributed by atoms with E-state index in [1.165, 1.54) is 5.56 Å². The number of aryl methyl sites for hydroxylation is 1. The minimum atomic E-state index is 0. The van der Waals surface area contributed by atoms with Crippen LogP contribution in [-0.4, -0.2) is 33.8 Å².